The highest BCUT2D eigenvalue weighted by atomic mass is 16.5. The largest absolute Gasteiger partial charge is 0.468 e. The Morgan fingerprint density at radius 3 is 2.33 bits per heavy atom. The Morgan fingerprint density at radius 1 is 1.50 bits per heavy atom. The Morgan fingerprint density at radius 2 is 2.00 bits per heavy atom. The molecule has 0 aromatic rings. The molecule has 0 aliphatic heterocycles. The molecule has 1 amide bonds. The van der Waals surface area contributed by atoms with Crippen molar-refractivity contribution in [3.05, 3.63) is 0 Å². The van der Waals surface area contributed by atoms with Crippen LogP contribution in [0.15, 0.2) is 0 Å². The van der Waals surface area contributed by atoms with Crippen molar-refractivity contribution in [3.63, 3.8) is 0 Å². The van der Waals surface area contributed by atoms with Gasteiger partial charge in [-0.25, -0.2) is 0 Å². The van der Waals surface area contributed by atoms with Crippen molar-refractivity contribution in [2.24, 2.45) is 5.73 Å². The SMILES string of the molecule is COC(=O)CNC(C)(C)C(N)=O. The maximum atomic E-state index is 10.7. The van der Waals surface area contributed by atoms with Gasteiger partial charge in [0.2, 0.25) is 5.91 Å². The summed E-state index contributed by atoms with van der Waals surface area (Å²) in [5, 5.41) is 2.66. The summed E-state index contributed by atoms with van der Waals surface area (Å²) in [6.45, 7) is 3.17. The molecule has 0 rings (SSSR count). The molecule has 0 atom stereocenters. The van der Waals surface area contributed by atoms with E-state index in [0.717, 1.165) is 0 Å². The number of nitrogens with one attached hydrogen (secondary N) is 1. The molecule has 0 spiro atoms. The maximum Gasteiger partial charge on any atom is 0.319 e. The van der Waals surface area contributed by atoms with E-state index in [1.165, 1.54) is 7.11 Å². The number of hydrogen-bond donors (Lipinski definition) is 2. The molecule has 12 heavy (non-hydrogen) atoms. The number of amides is 1. The highest BCUT2D eigenvalue weighted by molar-refractivity contribution is 5.84. The number of ether oxygens (including phenoxy) is 1. The minimum atomic E-state index is -0.881. The number of carbonyl (C=O) groups is 2. The minimum Gasteiger partial charge on any atom is -0.468 e. The third-order valence-electron chi connectivity index (χ3n) is 1.52. The first-order chi connectivity index (χ1) is 5.40. The molecule has 0 saturated carbocycles. The molecule has 0 aromatic heterocycles. The van der Waals surface area contributed by atoms with E-state index >= 15 is 0 Å². The summed E-state index contributed by atoms with van der Waals surface area (Å²) in [6.07, 6.45) is 0. The molecule has 5 heteroatoms. The average Bonchev–Trinajstić information content (AvgIpc) is 2.00. The molecule has 0 unspecified atom stereocenters. The summed E-state index contributed by atoms with van der Waals surface area (Å²) in [5.74, 6) is -0.935. The predicted molar refractivity (Wildman–Crippen MR) is 43.3 cm³/mol. The quantitative estimate of drug-likeness (QED) is 0.536. The van der Waals surface area contributed by atoms with E-state index in [2.05, 4.69) is 10.1 Å². The van der Waals surface area contributed by atoms with E-state index in [1.807, 2.05) is 0 Å². The van der Waals surface area contributed by atoms with Crippen molar-refractivity contribution in [2.75, 3.05) is 13.7 Å². The van der Waals surface area contributed by atoms with E-state index in [-0.39, 0.29) is 6.54 Å². The zero-order chi connectivity index (χ0) is 9.78. The fourth-order valence-electron chi connectivity index (χ4n) is 0.452. The maximum absolute atomic E-state index is 10.7. The van der Waals surface area contributed by atoms with Gasteiger partial charge < -0.3 is 10.5 Å². The van der Waals surface area contributed by atoms with Gasteiger partial charge >= 0.3 is 5.97 Å². The summed E-state index contributed by atoms with van der Waals surface area (Å²) in [6, 6.07) is 0. The lowest BCUT2D eigenvalue weighted by Gasteiger charge is -2.21. The van der Waals surface area contributed by atoms with Crippen LogP contribution in [-0.2, 0) is 14.3 Å². The van der Waals surface area contributed by atoms with Gasteiger partial charge in [0, 0.05) is 0 Å². The van der Waals surface area contributed by atoms with Crippen LogP contribution in [0.2, 0.25) is 0 Å². The van der Waals surface area contributed by atoms with Gasteiger partial charge in [0.05, 0.1) is 19.2 Å². The van der Waals surface area contributed by atoms with E-state index in [0.29, 0.717) is 0 Å². The Labute approximate surface area is 71.3 Å². The molecule has 70 valence electrons. The molecular weight excluding hydrogens is 160 g/mol. The normalized spacial score (nSPS) is 10.9. The number of rotatable bonds is 4. The molecule has 0 radical (unpaired) electrons. The van der Waals surface area contributed by atoms with Crippen LogP contribution in [0.4, 0.5) is 0 Å². The summed E-state index contributed by atoms with van der Waals surface area (Å²) in [5.41, 5.74) is 4.16. The van der Waals surface area contributed by atoms with Gasteiger partial charge in [0.25, 0.3) is 0 Å². The number of hydrogen-bond acceptors (Lipinski definition) is 4. The molecule has 3 N–H and O–H groups in total. The molecule has 0 heterocycles. The van der Waals surface area contributed by atoms with Crippen LogP contribution in [0.5, 0.6) is 0 Å². The molecule has 0 fully saturated rings. The van der Waals surface area contributed by atoms with Crippen LogP contribution >= 0.6 is 0 Å². The summed E-state index contributed by atoms with van der Waals surface area (Å²) < 4.78 is 4.37. The number of nitrogens with two attached hydrogens (primary N) is 1. The predicted octanol–water partition coefficient (Wildman–Crippen LogP) is -0.987. The zero-order valence-corrected chi connectivity index (χ0v) is 7.51. The van der Waals surface area contributed by atoms with Crippen molar-refractivity contribution in [1.82, 2.24) is 5.32 Å². The molecular formula is C7H14N2O3. The van der Waals surface area contributed by atoms with Crippen molar-refractivity contribution in [1.29, 1.82) is 0 Å². The zero-order valence-electron chi connectivity index (χ0n) is 7.51. The fourth-order valence-corrected chi connectivity index (χ4v) is 0.452. The molecule has 0 aromatic carbocycles. The third-order valence-corrected chi connectivity index (χ3v) is 1.52. The first kappa shape index (κ1) is 10.9. The first-order valence-corrected chi connectivity index (χ1v) is 3.52. The Kier molecular flexibility index (Phi) is 3.69. The summed E-state index contributed by atoms with van der Waals surface area (Å²) in [4.78, 5) is 21.4. The van der Waals surface area contributed by atoms with Crippen LogP contribution in [0, 0.1) is 0 Å². The lowest BCUT2D eigenvalue weighted by Crippen LogP contribution is -2.52. The third kappa shape index (κ3) is 3.34. The Balaban J connectivity index is 3.92. The average molecular weight is 174 g/mol. The molecule has 0 bridgehead atoms. The van der Waals surface area contributed by atoms with Crippen LogP contribution in [0.3, 0.4) is 0 Å². The van der Waals surface area contributed by atoms with Crippen LogP contribution in [0.25, 0.3) is 0 Å². The van der Waals surface area contributed by atoms with Gasteiger partial charge in [0.1, 0.15) is 0 Å². The van der Waals surface area contributed by atoms with Gasteiger partial charge in [-0.15, -0.1) is 0 Å². The minimum absolute atomic E-state index is 0.0214. The molecule has 0 aliphatic carbocycles. The van der Waals surface area contributed by atoms with Gasteiger partial charge in [-0.3, -0.25) is 14.9 Å². The van der Waals surface area contributed by atoms with Gasteiger partial charge in [-0.2, -0.15) is 0 Å². The fraction of sp³-hybridized carbons (Fsp3) is 0.714. The van der Waals surface area contributed by atoms with Gasteiger partial charge in [-0.1, -0.05) is 0 Å². The van der Waals surface area contributed by atoms with E-state index in [1.54, 1.807) is 13.8 Å². The smallest absolute Gasteiger partial charge is 0.319 e. The molecule has 0 saturated heterocycles. The lowest BCUT2D eigenvalue weighted by molar-refractivity contribution is -0.140. The summed E-state index contributed by atoms with van der Waals surface area (Å²) in [7, 11) is 1.28. The Bertz CT molecular complexity index is 189. The van der Waals surface area contributed by atoms with Crippen molar-refractivity contribution >= 4 is 11.9 Å². The van der Waals surface area contributed by atoms with E-state index in [4.69, 9.17) is 5.73 Å². The van der Waals surface area contributed by atoms with Crippen molar-refractivity contribution in [2.45, 2.75) is 19.4 Å². The van der Waals surface area contributed by atoms with E-state index in [9.17, 15) is 9.59 Å². The second-order valence-corrected chi connectivity index (χ2v) is 2.92. The second-order valence-electron chi connectivity index (χ2n) is 2.92. The highest BCUT2D eigenvalue weighted by Crippen LogP contribution is 1.98. The first-order valence-electron chi connectivity index (χ1n) is 3.52. The lowest BCUT2D eigenvalue weighted by atomic mass is 10.1. The standard InChI is InChI=1S/C7H14N2O3/c1-7(2,6(8)11)9-4-5(10)12-3/h9H,4H2,1-3H3,(H2,8,11). The topological polar surface area (TPSA) is 81.4 Å². The monoisotopic (exact) mass is 174 g/mol. The number of primary amides is 1. The molecule has 0 aliphatic rings. The van der Waals surface area contributed by atoms with Crippen LogP contribution < -0.4 is 11.1 Å². The van der Waals surface area contributed by atoms with Crippen LogP contribution in [0.1, 0.15) is 13.8 Å². The molecule has 5 nitrogen and oxygen atoms in total. The number of carbonyl (C=O) groups excluding carboxylic acids is 2. The Hall–Kier alpha value is -1.10. The highest BCUT2D eigenvalue weighted by Gasteiger charge is 2.24. The summed E-state index contributed by atoms with van der Waals surface area (Å²) >= 11 is 0. The van der Waals surface area contributed by atoms with Gasteiger partial charge in [0.15, 0.2) is 0 Å². The number of esters is 1. The van der Waals surface area contributed by atoms with Crippen molar-refractivity contribution in [3.8, 4) is 0 Å². The van der Waals surface area contributed by atoms with Gasteiger partial charge in [-0.05, 0) is 13.8 Å². The van der Waals surface area contributed by atoms with E-state index < -0.39 is 17.4 Å². The van der Waals surface area contributed by atoms with Crippen LogP contribution in [-0.4, -0.2) is 31.1 Å². The van der Waals surface area contributed by atoms with Crippen molar-refractivity contribution < 1.29 is 14.3 Å². The number of methoxy groups -OCH3 is 1. The second kappa shape index (κ2) is 4.06.